The number of ether oxygens (including phenoxy) is 1. The first-order valence-electron chi connectivity index (χ1n) is 9.73. The smallest absolute Gasteiger partial charge is 0.407 e. The van der Waals surface area contributed by atoms with Crippen LogP contribution < -0.4 is 10.2 Å². The summed E-state index contributed by atoms with van der Waals surface area (Å²) in [6.45, 7) is 13.4. The van der Waals surface area contributed by atoms with Crippen LogP contribution in [0.5, 0.6) is 0 Å². The number of anilines is 1. The summed E-state index contributed by atoms with van der Waals surface area (Å²) >= 11 is 0. The second kappa shape index (κ2) is 9.11. The summed E-state index contributed by atoms with van der Waals surface area (Å²) in [5, 5.41) is 2.70. The molecule has 1 aliphatic rings. The van der Waals surface area contributed by atoms with Crippen molar-refractivity contribution in [3.63, 3.8) is 0 Å². The minimum atomic E-state index is -0.505. The second-order valence-corrected chi connectivity index (χ2v) is 8.12. The summed E-state index contributed by atoms with van der Waals surface area (Å²) < 4.78 is 5.18. The number of carbonyl (C=O) groups excluding carboxylic acids is 2. The highest BCUT2D eigenvalue weighted by Gasteiger charge is 2.22. The van der Waals surface area contributed by atoms with Gasteiger partial charge in [-0.25, -0.2) is 4.79 Å². The molecule has 2 rings (SSSR count). The van der Waals surface area contributed by atoms with E-state index in [9.17, 15) is 9.59 Å². The first-order valence-corrected chi connectivity index (χ1v) is 9.73. The third-order valence-corrected chi connectivity index (χ3v) is 4.78. The number of amides is 2. The maximum atomic E-state index is 12.4. The average Bonchev–Trinajstić information content (AvgIpc) is 2.59. The maximum absolute atomic E-state index is 12.4. The van der Waals surface area contributed by atoms with E-state index in [0.29, 0.717) is 19.4 Å². The Morgan fingerprint density at radius 1 is 1.11 bits per heavy atom. The molecule has 6 nitrogen and oxygen atoms in total. The van der Waals surface area contributed by atoms with Crippen molar-refractivity contribution in [2.75, 3.05) is 37.6 Å². The standard InChI is InChI=1S/C21H33N3O3/c1-16-8-6-9-18(17(16)2)23-12-14-24(15-13-23)19(25)10-7-11-22-20(26)27-21(3,4)5/h6,8-9H,7,10-15H2,1-5H3,(H,22,26). The number of carbonyl (C=O) groups is 2. The Bertz CT molecular complexity index is 659. The minimum Gasteiger partial charge on any atom is -0.444 e. The van der Waals surface area contributed by atoms with Gasteiger partial charge in [0, 0.05) is 44.8 Å². The Balaban J connectivity index is 1.71. The van der Waals surface area contributed by atoms with Crippen LogP contribution in [0.15, 0.2) is 18.2 Å². The van der Waals surface area contributed by atoms with E-state index in [4.69, 9.17) is 4.74 Å². The molecule has 27 heavy (non-hydrogen) atoms. The molecule has 0 atom stereocenters. The van der Waals surface area contributed by atoms with Crippen LogP contribution in [0.2, 0.25) is 0 Å². The summed E-state index contributed by atoms with van der Waals surface area (Å²) in [5.41, 5.74) is 3.37. The van der Waals surface area contributed by atoms with E-state index in [-0.39, 0.29) is 5.91 Å². The summed E-state index contributed by atoms with van der Waals surface area (Å²) in [6, 6.07) is 6.37. The Kier molecular flexibility index (Phi) is 7.11. The van der Waals surface area contributed by atoms with Crippen molar-refractivity contribution in [3.8, 4) is 0 Å². The lowest BCUT2D eigenvalue weighted by Gasteiger charge is -2.37. The molecule has 0 spiro atoms. The van der Waals surface area contributed by atoms with Crippen LogP contribution in [-0.2, 0) is 9.53 Å². The molecule has 0 unspecified atom stereocenters. The molecule has 0 bridgehead atoms. The van der Waals surface area contributed by atoms with Gasteiger partial charge in [-0.15, -0.1) is 0 Å². The third-order valence-electron chi connectivity index (χ3n) is 4.78. The lowest BCUT2D eigenvalue weighted by Crippen LogP contribution is -2.49. The highest BCUT2D eigenvalue weighted by Crippen LogP contribution is 2.24. The fourth-order valence-electron chi connectivity index (χ4n) is 3.18. The fourth-order valence-corrected chi connectivity index (χ4v) is 3.18. The number of nitrogens with one attached hydrogen (secondary N) is 1. The normalized spacial score (nSPS) is 14.9. The molecule has 6 heteroatoms. The van der Waals surface area contributed by atoms with Crippen LogP contribution in [0.1, 0.15) is 44.7 Å². The minimum absolute atomic E-state index is 0.154. The predicted molar refractivity (Wildman–Crippen MR) is 108 cm³/mol. The van der Waals surface area contributed by atoms with Crippen LogP contribution in [0.25, 0.3) is 0 Å². The van der Waals surface area contributed by atoms with Crippen molar-refractivity contribution in [1.82, 2.24) is 10.2 Å². The van der Waals surface area contributed by atoms with Crippen LogP contribution in [0.3, 0.4) is 0 Å². The van der Waals surface area contributed by atoms with Crippen LogP contribution in [0.4, 0.5) is 10.5 Å². The molecular weight excluding hydrogens is 342 g/mol. The molecule has 2 amide bonds. The quantitative estimate of drug-likeness (QED) is 0.803. The molecule has 0 aliphatic carbocycles. The number of rotatable bonds is 5. The lowest BCUT2D eigenvalue weighted by atomic mass is 10.1. The van der Waals surface area contributed by atoms with Gasteiger partial charge in [-0.05, 0) is 58.2 Å². The van der Waals surface area contributed by atoms with Crippen LogP contribution in [-0.4, -0.2) is 55.2 Å². The van der Waals surface area contributed by atoms with Crippen molar-refractivity contribution in [2.45, 2.75) is 53.1 Å². The summed E-state index contributed by atoms with van der Waals surface area (Å²) in [6.07, 6.45) is 0.631. The van der Waals surface area contributed by atoms with Gasteiger partial charge < -0.3 is 19.9 Å². The summed E-state index contributed by atoms with van der Waals surface area (Å²) in [4.78, 5) is 28.3. The molecule has 1 heterocycles. The number of hydrogen-bond donors (Lipinski definition) is 1. The Morgan fingerprint density at radius 2 is 1.78 bits per heavy atom. The Labute approximate surface area is 162 Å². The summed E-state index contributed by atoms with van der Waals surface area (Å²) in [5.74, 6) is 0.154. The highest BCUT2D eigenvalue weighted by atomic mass is 16.6. The Hall–Kier alpha value is -2.24. The maximum Gasteiger partial charge on any atom is 0.407 e. The molecule has 1 saturated heterocycles. The van der Waals surface area contributed by atoms with E-state index in [1.807, 2.05) is 25.7 Å². The Morgan fingerprint density at radius 3 is 2.41 bits per heavy atom. The van der Waals surface area contributed by atoms with E-state index in [0.717, 1.165) is 26.2 Å². The van der Waals surface area contributed by atoms with Crippen LogP contribution >= 0.6 is 0 Å². The number of aryl methyl sites for hydroxylation is 1. The van der Waals surface area contributed by atoms with Gasteiger partial charge in [-0.1, -0.05) is 12.1 Å². The van der Waals surface area contributed by atoms with E-state index in [1.54, 1.807) is 0 Å². The van der Waals surface area contributed by atoms with Crippen molar-refractivity contribution < 1.29 is 14.3 Å². The van der Waals surface area contributed by atoms with Crippen LogP contribution in [0, 0.1) is 13.8 Å². The molecule has 150 valence electrons. The topological polar surface area (TPSA) is 61.9 Å². The van der Waals surface area contributed by atoms with Gasteiger partial charge in [-0.3, -0.25) is 4.79 Å². The summed E-state index contributed by atoms with van der Waals surface area (Å²) in [7, 11) is 0. The predicted octanol–water partition coefficient (Wildman–Crippen LogP) is 3.26. The molecule has 1 aliphatic heterocycles. The van der Waals surface area contributed by atoms with Crippen molar-refractivity contribution in [3.05, 3.63) is 29.3 Å². The van der Waals surface area contributed by atoms with E-state index in [1.165, 1.54) is 16.8 Å². The number of nitrogens with zero attached hydrogens (tertiary/aromatic N) is 2. The van der Waals surface area contributed by atoms with Crippen molar-refractivity contribution in [2.24, 2.45) is 0 Å². The molecule has 0 radical (unpaired) electrons. The zero-order chi connectivity index (χ0) is 20.0. The third kappa shape index (κ3) is 6.45. The number of benzene rings is 1. The molecule has 1 aromatic carbocycles. The first kappa shape index (κ1) is 21.1. The molecular formula is C21H33N3O3. The molecule has 1 aromatic rings. The molecule has 0 aromatic heterocycles. The SMILES string of the molecule is Cc1cccc(N2CCN(C(=O)CCCNC(=O)OC(C)(C)C)CC2)c1C. The van der Waals surface area contributed by atoms with E-state index >= 15 is 0 Å². The average molecular weight is 376 g/mol. The largest absolute Gasteiger partial charge is 0.444 e. The van der Waals surface area contributed by atoms with Crippen molar-refractivity contribution in [1.29, 1.82) is 0 Å². The van der Waals surface area contributed by atoms with Gasteiger partial charge >= 0.3 is 6.09 Å². The monoisotopic (exact) mass is 375 g/mol. The van der Waals surface area contributed by atoms with Gasteiger partial charge in [0.25, 0.3) is 0 Å². The molecule has 0 saturated carbocycles. The fraction of sp³-hybridized carbons (Fsp3) is 0.619. The van der Waals surface area contributed by atoms with Gasteiger partial charge in [0.2, 0.25) is 5.91 Å². The number of piperazine rings is 1. The van der Waals surface area contributed by atoms with E-state index in [2.05, 4.69) is 42.3 Å². The van der Waals surface area contributed by atoms with Gasteiger partial charge in [0.1, 0.15) is 5.60 Å². The van der Waals surface area contributed by atoms with Gasteiger partial charge in [0.05, 0.1) is 0 Å². The van der Waals surface area contributed by atoms with E-state index < -0.39 is 11.7 Å². The highest BCUT2D eigenvalue weighted by molar-refractivity contribution is 5.76. The molecule has 1 N–H and O–H groups in total. The van der Waals surface area contributed by atoms with Crippen molar-refractivity contribution >= 4 is 17.7 Å². The molecule has 1 fully saturated rings. The number of hydrogen-bond acceptors (Lipinski definition) is 4. The zero-order valence-electron chi connectivity index (χ0n) is 17.3. The second-order valence-electron chi connectivity index (χ2n) is 8.12. The van der Waals surface area contributed by atoms with Gasteiger partial charge in [0.15, 0.2) is 0 Å². The lowest BCUT2D eigenvalue weighted by molar-refractivity contribution is -0.131. The first-order chi connectivity index (χ1) is 12.7. The zero-order valence-corrected chi connectivity index (χ0v) is 17.3. The van der Waals surface area contributed by atoms with Gasteiger partial charge in [-0.2, -0.15) is 0 Å². The number of alkyl carbamates (subject to hydrolysis) is 1.